The molecule has 0 spiro atoms. The van der Waals surface area contributed by atoms with Crippen molar-refractivity contribution < 1.29 is 5.11 Å². The summed E-state index contributed by atoms with van der Waals surface area (Å²) in [7, 11) is 0. The molecule has 0 aliphatic heterocycles. The van der Waals surface area contributed by atoms with Gasteiger partial charge in [-0.15, -0.1) is 0 Å². The third-order valence-corrected chi connectivity index (χ3v) is 6.07. The Morgan fingerprint density at radius 3 is 2.41 bits per heavy atom. The molecule has 132 valence electrons. The van der Waals surface area contributed by atoms with E-state index in [2.05, 4.69) is 88.7 Å². The summed E-state index contributed by atoms with van der Waals surface area (Å²) in [6.07, 6.45) is 6.39. The van der Waals surface area contributed by atoms with Gasteiger partial charge in [0.05, 0.1) is 6.61 Å². The molecule has 0 heterocycles. The van der Waals surface area contributed by atoms with Crippen molar-refractivity contribution in [3.8, 4) is 0 Å². The van der Waals surface area contributed by atoms with Crippen LogP contribution in [0.15, 0.2) is 65.1 Å². The largest absolute Gasteiger partial charge is 0.392 e. The van der Waals surface area contributed by atoms with Gasteiger partial charge in [-0.05, 0) is 81.1 Å². The zero-order valence-electron chi connectivity index (χ0n) is 14.9. The number of hydrogen-bond donors (Lipinski definition) is 1. The Hall–Kier alpha value is -2.42. The van der Waals surface area contributed by atoms with Gasteiger partial charge < -0.3 is 5.11 Å². The molecule has 0 saturated carbocycles. The number of halogens is 1. The van der Waals surface area contributed by atoms with E-state index in [1.54, 1.807) is 0 Å². The number of aliphatic hydroxyl groups is 1. The van der Waals surface area contributed by atoms with E-state index in [0.29, 0.717) is 0 Å². The minimum Gasteiger partial charge on any atom is -0.392 e. The van der Waals surface area contributed by atoms with Gasteiger partial charge in [0, 0.05) is 4.47 Å². The predicted molar refractivity (Wildman–Crippen MR) is 116 cm³/mol. The highest BCUT2D eigenvalue weighted by atomic mass is 79.9. The fourth-order valence-electron chi connectivity index (χ4n) is 4.19. The highest BCUT2D eigenvalue weighted by molar-refractivity contribution is 9.10. The van der Waals surface area contributed by atoms with Gasteiger partial charge in [0.15, 0.2) is 0 Å². The first-order chi connectivity index (χ1) is 13.2. The maximum atomic E-state index is 10.0. The summed E-state index contributed by atoms with van der Waals surface area (Å²) in [5, 5.41) is 10.0. The van der Waals surface area contributed by atoms with Crippen LogP contribution in [0.5, 0.6) is 0 Å². The second kappa shape index (κ2) is 6.63. The van der Waals surface area contributed by atoms with Crippen molar-refractivity contribution in [1.82, 2.24) is 0 Å². The topological polar surface area (TPSA) is 20.2 Å². The van der Waals surface area contributed by atoms with Gasteiger partial charge in [-0.25, -0.2) is 0 Å². The van der Waals surface area contributed by atoms with Crippen LogP contribution in [-0.2, 0) is 19.4 Å². The van der Waals surface area contributed by atoms with E-state index in [-0.39, 0.29) is 6.61 Å². The molecule has 2 heteroatoms. The minimum absolute atomic E-state index is 0.0563. The maximum Gasteiger partial charge on any atom is 0.0687 e. The van der Waals surface area contributed by atoms with Crippen molar-refractivity contribution in [3.05, 3.63) is 104 Å². The zero-order chi connectivity index (χ0) is 18.4. The van der Waals surface area contributed by atoms with E-state index in [9.17, 15) is 5.11 Å². The fourth-order valence-corrected chi connectivity index (χ4v) is 4.60. The first-order valence-corrected chi connectivity index (χ1v) is 10.0. The smallest absolute Gasteiger partial charge is 0.0687 e. The number of fused-ring (bicyclic) bond motifs is 2. The van der Waals surface area contributed by atoms with E-state index >= 15 is 0 Å². The van der Waals surface area contributed by atoms with E-state index in [4.69, 9.17) is 0 Å². The van der Waals surface area contributed by atoms with E-state index in [0.717, 1.165) is 28.4 Å². The second-order valence-electron chi connectivity index (χ2n) is 7.26. The highest BCUT2D eigenvalue weighted by Crippen LogP contribution is 2.37. The standard InChI is InChI=1S/C25H19BrO/c26-24-7-5-18-11-22(13-21(18)14-24)25-8-6-19(12-23(25)15-27)20-9-16-3-1-2-4-17(16)10-20/h1-9,11-12,14,27H,10,13,15H2. The second-order valence-corrected chi connectivity index (χ2v) is 8.18. The molecule has 0 atom stereocenters. The molecule has 0 bridgehead atoms. The third-order valence-electron chi connectivity index (χ3n) is 5.57. The molecule has 0 fully saturated rings. The number of aliphatic hydroxyl groups excluding tert-OH is 1. The lowest BCUT2D eigenvalue weighted by Crippen LogP contribution is -1.97. The van der Waals surface area contributed by atoms with Crippen molar-refractivity contribution in [3.63, 3.8) is 0 Å². The average molecular weight is 415 g/mol. The average Bonchev–Trinajstić information content (AvgIpc) is 3.31. The monoisotopic (exact) mass is 414 g/mol. The highest BCUT2D eigenvalue weighted by Gasteiger charge is 2.19. The number of hydrogen-bond acceptors (Lipinski definition) is 1. The molecule has 0 aromatic heterocycles. The normalized spacial score (nSPS) is 14.6. The van der Waals surface area contributed by atoms with Crippen LogP contribution in [0, 0.1) is 0 Å². The summed E-state index contributed by atoms with van der Waals surface area (Å²) in [6.45, 7) is 0.0563. The first-order valence-electron chi connectivity index (χ1n) is 9.23. The third kappa shape index (κ3) is 2.99. The van der Waals surface area contributed by atoms with Gasteiger partial charge in [-0.1, -0.05) is 70.5 Å². The number of benzene rings is 3. The van der Waals surface area contributed by atoms with Crippen LogP contribution in [-0.4, -0.2) is 5.11 Å². The fraction of sp³-hybridized carbons (Fsp3) is 0.120. The van der Waals surface area contributed by atoms with Gasteiger partial charge >= 0.3 is 0 Å². The van der Waals surface area contributed by atoms with Crippen molar-refractivity contribution in [2.45, 2.75) is 19.4 Å². The molecule has 27 heavy (non-hydrogen) atoms. The van der Waals surface area contributed by atoms with E-state index < -0.39 is 0 Å². The van der Waals surface area contributed by atoms with E-state index in [1.165, 1.54) is 39.0 Å². The van der Waals surface area contributed by atoms with Crippen molar-refractivity contribution in [2.75, 3.05) is 0 Å². The van der Waals surface area contributed by atoms with Crippen LogP contribution in [0.1, 0.15) is 38.9 Å². The van der Waals surface area contributed by atoms with Crippen LogP contribution >= 0.6 is 15.9 Å². The molecular formula is C25H19BrO. The van der Waals surface area contributed by atoms with Gasteiger partial charge in [-0.3, -0.25) is 0 Å². The van der Waals surface area contributed by atoms with Crippen molar-refractivity contribution >= 4 is 39.2 Å². The van der Waals surface area contributed by atoms with Crippen LogP contribution in [0.3, 0.4) is 0 Å². The van der Waals surface area contributed by atoms with Crippen LogP contribution in [0.25, 0.3) is 23.3 Å². The van der Waals surface area contributed by atoms with Gasteiger partial charge in [0.25, 0.3) is 0 Å². The molecule has 1 N–H and O–H groups in total. The van der Waals surface area contributed by atoms with E-state index in [1.807, 2.05) is 0 Å². The molecule has 2 aliphatic rings. The molecule has 5 rings (SSSR count). The Kier molecular flexibility index (Phi) is 4.11. The summed E-state index contributed by atoms with van der Waals surface area (Å²) in [4.78, 5) is 0. The summed E-state index contributed by atoms with van der Waals surface area (Å²) in [6, 6.07) is 21.5. The molecule has 0 amide bonds. The van der Waals surface area contributed by atoms with Gasteiger partial charge in [0.1, 0.15) is 0 Å². The number of allylic oxidation sites excluding steroid dienone is 2. The van der Waals surface area contributed by atoms with Gasteiger partial charge in [-0.2, -0.15) is 0 Å². The Morgan fingerprint density at radius 1 is 0.778 bits per heavy atom. The van der Waals surface area contributed by atoms with Gasteiger partial charge in [0.2, 0.25) is 0 Å². The van der Waals surface area contributed by atoms with Crippen LogP contribution in [0.4, 0.5) is 0 Å². The van der Waals surface area contributed by atoms with Crippen LogP contribution < -0.4 is 0 Å². The van der Waals surface area contributed by atoms with Crippen molar-refractivity contribution in [2.24, 2.45) is 0 Å². The number of rotatable bonds is 3. The summed E-state index contributed by atoms with van der Waals surface area (Å²) < 4.78 is 1.11. The lowest BCUT2D eigenvalue weighted by atomic mass is 9.93. The van der Waals surface area contributed by atoms with Crippen molar-refractivity contribution in [1.29, 1.82) is 0 Å². The molecule has 3 aromatic carbocycles. The quantitative estimate of drug-likeness (QED) is 0.545. The molecular weight excluding hydrogens is 396 g/mol. The minimum atomic E-state index is 0.0563. The molecule has 0 radical (unpaired) electrons. The first kappa shape index (κ1) is 16.7. The lowest BCUT2D eigenvalue weighted by Gasteiger charge is -2.12. The Bertz CT molecular complexity index is 1120. The molecule has 2 aliphatic carbocycles. The summed E-state index contributed by atoms with van der Waals surface area (Å²) in [5.74, 6) is 0. The van der Waals surface area contributed by atoms with Crippen LogP contribution in [0.2, 0.25) is 0 Å². The molecule has 0 saturated heterocycles. The predicted octanol–water partition coefficient (Wildman–Crippen LogP) is 6.13. The lowest BCUT2D eigenvalue weighted by molar-refractivity contribution is 0.281. The maximum absolute atomic E-state index is 10.0. The Morgan fingerprint density at radius 2 is 1.56 bits per heavy atom. The Labute approximate surface area is 167 Å². The molecule has 0 unspecified atom stereocenters. The SMILES string of the molecule is OCc1cc(C2=Cc3ccccc3C2)ccc1C1=Cc2ccc(Br)cc2C1. The summed E-state index contributed by atoms with van der Waals surface area (Å²) >= 11 is 3.56. The zero-order valence-corrected chi connectivity index (χ0v) is 16.5. The summed E-state index contributed by atoms with van der Waals surface area (Å²) in [5.41, 5.74) is 11.3. The Balaban J connectivity index is 1.49. The molecule has 1 nitrogen and oxygen atoms in total. The molecule has 3 aromatic rings.